The van der Waals surface area contributed by atoms with Crippen LogP contribution in [0.15, 0.2) is 16.6 Å². The van der Waals surface area contributed by atoms with Crippen LogP contribution in [-0.4, -0.2) is 0 Å². The number of hydrogen-bond donors (Lipinski definition) is 0. The van der Waals surface area contributed by atoms with E-state index in [1.807, 2.05) is 0 Å². The molecule has 100 valence electrons. The van der Waals surface area contributed by atoms with Crippen molar-refractivity contribution in [3.63, 3.8) is 0 Å². The van der Waals surface area contributed by atoms with Crippen molar-refractivity contribution in [1.29, 1.82) is 0 Å². The zero-order chi connectivity index (χ0) is 13.9. The third kappa shape index (κ3) is 1.90. The first-order valence-electron chi connectivity index (χ1n) is 5.89. The van der Waals surface area contributed by atoms with E-state index < -0.39 is 17.0 Å². The van der Waals surface area contributed by atoms with Gasteiger partial charge < -0.3 is 0 Å². The van der Waals surface area contributed by atoms with Crippen LogP contribution in [0.5, 0.6) is 0 Å². The van der Waals surface area contributed by atoms with E-state index in [0.717, 1.165) is 6.07 Å². The van der Waals surface area contributed by atoms with Crippen LogP contribution in [0.1, 0.15) is 38.6 Å². The molecule has 0 spiro atoms. The van der Waals surface area contributed by atoms with Crippen molar-refractivity contribution in [2.45, 2.75) is 33.1 Å². The Bertz CT molecular complexity index is 483. The summed E-state index contributed by atoms with van der Waals surface area (Å²) in [7, 11) is 0. The average molecular weight is 338 g/mol. The number of hydrogen-bond acceptors (Lipinski definition) is 0. The third-order valence-corrected chi connectivity index (χ3v) is 5.86. The highest BCUT2D eigenvalue weighted by molar-refractivity contribution is 9.10. The van der Waals surface area contributed by atoms with Gasteiger partial charge in [0.15, 0.2) is 0 Å². The van der Waals surface area contributed by atoms with Gasteiger partial charge in [0.1, 0.15) is 11.6 Å². The molecule has 0 aromatic heterocycles. The minimum atomic E-state index is -0.502. The van der Waals surface area contributed by atoms with Crippen molar-refractivity contribution in [3.05, 3.63) is 33.8 Å². The first-order chi connectivity index (χ1) is 8.10. The minimum Gasteiger partial charge on any atom is -0.207 e. The molecule has 1 aromatic carbocycles. The highest BCUT2D eigenvalue weighted by Gasteiger charge is 2.67. The fourth-order valence-electron chi connectivity index (χ4n) is 2.91. The molecular weight excluding hydrogens is 322 g/mol. The average Bonchev–Trinajstić information content (AvgIpc) is 2.62. The second-order valence-electron chi connectivity index (χ2n) is 6.11. The molecule has 0 saturated heterocycles. The molecule has 0 N–H and O–H groups in total. The van der Waals surface area contributed by atoms with Gasteiger partial charge in [0.05, 0.1) is 9.85 Å². The molecular formula is C14H16BrClF2. The van der Waals surface area contributed by atoms with Crippen molar-refractivity contribution in [3.8, 4) is 0 Å². The van der Waals surface area contributed by atoms with E-state index in [0.29, 0.717) is 0 Å². The standard InChI is InChI=1S/C14H16BrClF2/c1-13(2)12(14(13,3)4)11(16)7-5-10(18)8(15)6-9(7)17/h5-6,11-12H,1-4H3. The monoisotopic (exact) mass is 336 g/mol. The van der Waals surface area contributed by atoms with Crippen LogP contribution in [-0.2, 0) is 0 Å². The van der Waals surface area contributed by atoms with Crippen LogP contribution in [0.25, 0.3) is 0 Å². The van der Waals surface area contributed by atoms with Crippen LogP contribution in [0.2, 0.25) is 0 Å². The van der Waals surface area contributed by atoms with Crippen LogP contribution in [0.4, 0.5) is 8.78 Å². The minimum absolute atomic E-state index is 0.0371. The van der Waals surface area contributed by atoms with E-state index in [4.69, 9.17) is 11.6 Å². The molecule has 4 heteroatoms. The molecule has 2 rings (SSSR count). The Hall–Kier alpha value is -0.150. The Morgan fingerprint density at radius 1 is 1.11 bits per heavy atom. The summed E-state index contributed by atoms with van der Waals surface area (Å²) < 4.78 is 27.5. The van der Waals surface area contributed by atoms with Gasteiger partial charge >= 0.3 is 0 Å². The molecule has 0 radical (unpaired) electrons. The van der Waals surface area contributed by atoms with E-state index in [-0.39, 0.29) is 26.8 Å². The number of rotatable bonds is 2. The summed E-state index contributed by atoms with van der Waals surface area (Å²) in [5.41, 5.74) is 0.325. The van der Waals surface area contributed by atoms with Crippen molar-refractivity contribution in [2.24, 2.45) is 16.7 Å². The molecule has 18 heavy (non-hydrogen) atoms. The summed E-state index contributed by atoms with van der Waals surface area (Å²) >= 11 is 9.35. The Morgan fingerprint density at radius 2 is 1.61 bits per heavy atom. The molecule has 0 nitrogen and oxygen atoms in total. The topological polar surface area (TPSA) is 0 Å². The molecule has 1 aromatic rings. The summed E-state index contributed by atoms with van der Waals surface area (Å²) in [6, 6.07) is 2.34. The lowest BCUT2D eigenvalue weighted by molar-refractivity contribution is 0.457. The van der Waals surface area contributed by atoms with E-state index in [9.17, 15) is 8.78 Å². The molecule has 0 heterocycles. The van der Waals surface area contributed by atoms with Crippen molar-refractivity contribution < 1.29 is 8.78 Å². The Morgan fingerprint density at radius 3 is 2.06 bits per heavy atom. The smallest absolute Gasteiger partial charge is 0.137 e. The summed E-state index contributed by atoms with van der Waals surface area (Å²) in [5, 5.41) is -0.502. The normalized spacial score (nSPS) is 22.9. The van der Waals surface area contributed by atoms with E-state index in [1.165, 1.54) is 6.07 Å². The zero-order valence-electron chi connectivity index (χ0n) is 10.8. The molecule has 0 aliphatic heterocycles. The number of halogens is 4. The summed E-state index contributed by atoms with van der Waals surface area (Å²) in [6.45, 7) is 8.45. The largest absolute Gasteiger partial charge is 0.207 e. The zero-order valence-corrected chi connectivity index (χ0v) is 13.2. The highest BCUT2D eigenvalue weighted by Crippen LogP contribution is 2.73. The van der Waals surface area contributed by atoms with E-state index in [1.54, 1.807) is 0 Å². The first-order valence-corrected chi connectivity index (χ1v) is 7.12. The molecule has 1 fully saturated rings. The van der Waals surface area contributed by atoms with Crippen LogP contribution in [0.3, 0.4) is 0 Å². The van der Waals surface area contributed by atoms with Gasteiger partial charge in [0, 0.05) is 5.56 Å². The lowest BCUT2D eigenvalue weighted by Gasteiger charge is -2.13. The molecule has 0 bridgehead atoms. The van der Waals surface area contributed by atoms with Gasteiger partial charge in [-0.1, -0.05) is 27.7 Å². The fraction of sp³-hybridized carbons (Fsp3) is 0.571. The van der Waals surface area contributed by atoms with Gasteiger partial charge in [-0.25, -0.2) is 8.78 Å². The van der Waals surface area contributed by atoms with Crippen molar-refractivity contribution >= 4 is 27.5 Å². The van der Waals surface area contributed by atoms with Gasteiger partial charge in [0.25, 0.3) is 0 Å². The second kappa shape index (κ2) is 4.17. The summed E-state index contributed by atoms with van der Waals surface area (Å²) in [6.07, 6.45) is 0. The number of benzene rings is 1. The lowest BCUT2D eigenvalue weighted by Crippen LogP contribution is -2.03. The predicted molar refractivity (Wildman–Crippen MR) is 73.7 cm³/mol. The number of alkyl halides is 1. The maximum atomic E-state index is 13.9. The van der Waals surface area contributed by atoms with Gasteiger partial charge in [-0.05, 0) is 44.8 Å². The predicted octanol–water partition coefficient (Wildman–Crippen LogP) is 5.69. The second-order valence-corrected chi connectivity index (χ2v) is 7.44. The molecule has 1 aliphatic rings. The van der Waals surface area contributed by atoms with Crippen molar-refractivity contribution in [1.82, 2.24) is 0 Å². The van der Waals surface area contributed by atoms with Crippen LogP contribution in [0, 0.1) is 28.4 Å². The molecule has 1 saturated carbocycles. The summed E-state index contributed by atoms with van der Waals surface area (Å²) in [4.78, 5) is 0. The van der Waals surface area contributed by atoms with Crippen LogP contribution < -0.4 is 0 Å². The third-order valence-electron chi connectivity index (χ3n) is 4.76. The SMILES string of the molecule is CC1(C)C(C(Cl)c2cc(F)c(Br)cc2F)C1(C)C. The van der Waals surface area contributed by atoms with Crippen LogP contribution >= 0.6 is 27.5 Å². The van der Waals surface area contributed by atoms with Crippen molar-refractivity contribution in [2.75, 3.05) is 0 Å². The maximum absolute atomic E-state index is 13.9. The van der Waals surface area contributed by atoms with Gasteiger partial charge in [-0.3, -0.25) is 0 Å². The van der Waals surface area contributed by atoms with Gasteiger partial charge in [-0.15, -0.1) is 11.6 Å². The fourth-order valence-corrected chi connectivity index (χ4v) is 4.02. The Labute approximate surface area is 120 Å². The van der Waals surface area contributed by atoms with E-state index >= 15 is 0 Å². The van der Waals surface area contributed by atoms with E-state index in [2.05, 4.69) is 43.6 Å². The molecule has 1 atom stereocenters. The summed E-state index contributed by atoms with van der Waals surface area (Å²) in [5.74, 6) is -0.795. The highest BCUT2D eigenvalue weighted by atomic mass is 79.9. The van der Waals surface area contributed by atoms with Gasteiger partial charge in [-0.2, -0.15) is 0 Å². The Balaban J connectivity index is 2.37. The lowest BCUT2D eigenvalue weighted by atomic mass is 10.0. The first kappa shape index (κ1) is 14.3. The maximum Gasteiger partial charge on any atom is 0.137 e. The Kier molecular flexibility index (Phi) is 3.31. The molecule has 1 unspecified atom stereocenters. The quantitative estimate of drug-likeness (QED) is 0.480. The molecule has 0 amide bonds. The molecule has 1 aliphatic carbocycles. The van der Waals surface area contributed by atoms with Gasteiger partial charge in [0.2, 0.25) is 0 Å².